The third kappa shape index (κ3) is 1.90. The molecule has 0 amide bonds. The van der Waals surface area contributed by atoms with E-state index in [0.29, 0.717) is 0 Å². The zero-order chi connectivity index (χ0) is 14.4. The molecule has 0 aliphatic heterocycles. The first-order valence-corrected chi connectivity index (χ1v) is 6.87. The van der Waals surface area contributed by atoms with Gasteiger partial charge in [0, 0.05) is 28.9 Å². The standard InChI is InChI=1S/C17H19NO2/c1-10(19)12-4-6-16-14(8-12)15-9-13(11(2)20)5-7-17(15)18(16)3/h4-11,19-20H,1-3H3/t10-,11+. The van der Waals surface area contributed by atoms with Gasteiger partial charge in [0.2, 0.25) is 0 Å². The van der Waals surface area contributed by atoms with Crippen LogP contribution in [-0.2, 0) is 7.05 Å². The molecule has 3 nitrogen and oxygen atoms in total. The molecule has 0 aliphatic rings. The van der Waals surface area contributed by atoms with Crippen molar-refractivity contribution in [2.24, 2.45) is 7.05 Å². The Bertz CT molecular complexity index is 719. The molecular weight excluding hydrogens is 250 g/mol. The molecule has 0 unspecified atom stereocenters. The highest BCUT2D eigenvalue weighted by Gasteiger charge is 2.12. The lowest BCUT2D eigenvalue weighted by atomic mass is 10.0. The van der Waals surface area contributed by atoms with Gasteiger partial charge in [0.25, 0.3) is 0 Å². The second kappa shape index (κ2) is 4.62. The molecular formula is C17H19NO2. The molecule has 2 N–H and O–H groups in total. The SMILES string of the molecule is C[C@H](O)c1ccc2c(c1)c1cc([C@@H](C)O)ccc1n2C. The van der Waals surface area contributed by atoms with Gasteiger partial charge in [0.1, 0.15) is 0 Å². The molecule has 0 radical (unpaired) electrons. The largest absolute Gasteiger partial charge is 0.389 e. The normalized spacial score (nSPS) is 14.8. The van der Waals surface area contributed by atoms with Crippen LogP contribution in [-0.4, -0.2) is 14.8 Å². The Balaban J connectivity index is 2.38. The number of nitrogens with zero attached hydrogens (tertiary/aromatic N) is 1. The van der Waals surface area contributed by atoms with Crippen molar-refractivity contribution in [3.05, 3.63) is 47.5 Å². The maximum absolute atomic E-state index is 9.76. The maximum atomic E-state index is 9.76. The molecule has 0 aliphatic carbocycles. The minimum Gasteiger partial charge on any atom is -0.389 e. The molecule has 2 atom stereocenters. The Morgan fingerprint density at radius 2 is 1.20 bits per heavy atom. The van der Waals surface area contributed by atoms with Crippen LogP contribution in [0.25, 0.3) is 21.8 Å². The first-order valence-electron chi connectivity index (χ1n) is 6.87. The molecule has 0 saturated carbocycles. The molecule has 0 saturated heterocycles. The minimum atomic E-state index is -0.477. The Labute approximate surface area is 118 Å². The topological polar surface area (TPSA) is 45.4 Å². The molecule has 3 aromatic rings. The molecule has 0 fully saturated rings. The number of aromatic nitrogens is 1. The maximum Gasteiger partial charge on any atom is 0.0762 e. The highest BCUT2D eigenvalue weighted by atomic mass is 16.3. The zero-order valence-corrected chi connectivity index (χ0v) is 12.0. The van der Waals surface area contributed by atoms with Crippen molar-refractivity contribution in [2.75, 3.05) is 0 Å². The second-order valence-electron chi connectivity index (χ2n) is 5.46. The molecule has 3 heteroatoms. The third-order valence-electron chi connectivity index (χ3n) is 4.02. The van der Waals surface area contributed by atoms with Crippen LogP contribution >= 0.6 is 0 Å². The van der Waals surface area contributed by atoms with Crippen LogP contribution in [0, 0.1) is 0 Å². The van der Waals surface area contributed by atoms with Crippen molar-refractivity contribution in [1.82, 2.24) is 4.57 Å². The van der Waals surface area contributed by atoms with Crippen LogP contribution in [0.1, 0.15) is 37.2 Å². The summed E-state index contributed by atoms with van der Waals surface area (Å²) in [5.41, 5.74) is 4.08. The van der Waals surface area contributed by atoms with Crippen molar-refractivity contribution in [3.8, 4) is 0 Å². The van der Waals surface area contributed by atoms with E-state index in [-0.39, 0.29) is 0 Å². The lowest BCUT2D eigenvalue weighted by Crippen LogP contribution is -1.91. The van der Waals surface area contributed by atoms with E-state index < -0.39 is 12.2 Å². The van der Waals surface area contributed by atoms with Crippen LogP contribution in [0.4, 0.5) is 0 Å². The molecule has 20 heavy (non-hydrogen) atoms. The van der Waals surface area contributed by atoms with Gasteiger partial charge in [-0.15, -0.1) is 0 Å². The van der Waals surface area contributed by atoms with Gasteiger partial charge in [0.15, 0.2) is 0 Å². The quantitative estimate of drug-likeness (QED) is 0.748. The van der Waals surface area contributed by atoms with Crippen molar-refractivity contribution in [3.63, 3.8) is 0 Å². The second-order valence-corrected chi connectivity index (χ2v) is 5.46. The number of benzene rings is 2. The average Bonchev–Trinajstić information content (AvgIpc) is 2.71. The summed E-state index contributed by atoms with van der Waals surface area (Å²) in [5, 5.41) is 21.7. The highest BCUT2D eigenvalue weighted by molar-refractivity contribution is 6.08. The fourth-order valence-electron chi connectivity index (χ4n) is 2.77. The summed E-state index contributed by atoms with van der Waals surface area (Å²) in [4.78, 5) is 0. The molecule has 1 aromatic heterocycles. The summed E-state index contributed by atoms with van der Waals surface area (Å²) in [6.07, 6.45) is -0.954. The molecule has 0 spiro atoms. The molecule has 0 bridgehead atoms. The van der Waals surface area contributed by atoms with Crippen LogP contribution in [0.2, 0.25) is 0 Å². The summed E-state index contributed by atoms with van der Waals surface area (Å²) < 4.78 is 2.14. The highest BCUT2D eigenvalue weighted by Crippen LogP contribution is 2.32. The molecule has 2 aromatic carbocycles. The van der Waals surface area contributed by atoms with Crippen LogP contribution in [0.3, 0.4) is 0 Å². The molecule has 1 heterocycles. The summed E-state index contributed by atoms with van der Waals surface area (Å²) in [7, 11) is 2.04. The minimum absolute atomic E-state index is 0.477. The fraction of sp³-hybridized carbons (Fsp3) is 0.294. The number of aliphatic hydroxyl groups is 2. The Morgan fingerprint density at radius 1 is 0.800 bits per heavy atom. The van der Waals surface area contributed by atoms with Crippen LogP contribution < -0.4 is 0 Å². The van der Waals surface area contributed by atoms with E-state index in [0.717, 1.165) is 32.9 Å². The van der Waals surface area contributed by atoms with Crippen molar-refractivity contribution in [2.45, 2.75) is 26.1 Å². The summed E-state index contributed by atoms with van der Waals surface area (Å²) in [6.45, 7) is 3.54. The molecule has 3 rings (SSSR count). The van der Waals surface area contributed by atoms with Crippen LogP contribution in [0.15, 0.2) is 36.4 Å². The van der Waals surface area contributed by atoms with Crippen molar-refractivity contribution in [1.29, 1.82) is 0 Å². The Morgan fingerprint density at radius 3 is 1.55 bits per heavy atom. The Kier molecular flexibility index (Phi) is 3.04. The fourth-order valence-corrected chi connectivity index (χ4v) is 2.77. The van der Waals surface area contributed by atoms with Crippen molar-refractivity contribution < 1.29 is 10.2 Å². The summed E-state index contributed by atoms with van der Waals surface area (Å²) in [6, 6.07) is 12.1. The summed E-state index contributed by atoms with van der Waals surface area (Å²) in [5.74, 6) is 0. The van der Waals surface area contributed by atoms with Gasteiger partial charge in [-0.25, -0.2) is 0 Å². The van der Waals surface area contributed by atoms with E-state index in [2.05, 4.69) is 4.57 Å². The zero-order valence-electron chi connectivity index (χ0n) is 12.0. The van der Waals surface area contributed by atoms with Gasteiger partial charge in [-0.05, 0) is 49.2 Å². The number of aliphatic hydroxyl groups excluding tert-OH is 2. The number of hydrogen-bond donors (Lipinski definition) is 2. The van der Waals surface area contributed by atoms with Gasteiger partial charge in [-0.3, -0.25) is 0 Å². The van der Waals surface area contributed by atoms with Gasteiger partial charge in [-0.2, -0.15) is 0 Å². The lowest BCUT2D eigenvalue weighted by molar-refractivity contribution is 0.199. The summed E-state index contributed by atoms with van der Waals surface area (Å²) >= 11 is 0. The van der Waals surface area contributed by atoms with Crippen LogP contribution in [0.5, 0.6) is 0 Å². The average molecular weight is 269 g/mol. The van der Waals surface area contributed by atoms with E-state index in [1.807, 2.05) is 43.4 Å². The van der Waals surface area contributed by atoms with E-state index in [4.69, 9.17) is 0 Å². The van der Waals surface area contributed by atoms with E-state index in [1.54, 1.807) is 13.8 Å². The predicted molar refractivity (Wildman–Crippen MR) is 81.7 cm³/mol. The van der Waals surface area contributed by atoms with E-state index >= 15 is 0 Å². The number of hydrogen-bond acceptors (Lipinski definition) is 2. The van der Waals surface area contributed by atoms with Gasteiger partial charge >= 0.3 is 0 Å². The number of aryl methyl sites for hydroxylation is 1. The first kappa shape index (κ1) is 13.2. The third-order valence-corrected chi connectivity index (χ3v) is 4.02. The van der Waals surface area contributed by atoms with Gasteiger partial charge < -0.3 is 14.8 Å². The lowest BCUT2D eigenvalue weighted by Gasteiger charge is -2.05. The van der Waals surface area contributed by atoms with Gasteiger partial charge in [0.05, 0.1) is 12.2 Å². The predicted octanol–water partition coefficient (Wildman–Crippen LogP) is 3.44. The van der Waals surface area contributed by atoms with Crippen molar-refractivity contribution >= 4 is 21.8 Å². The van der Waals surface area contributed by atoms with Gasteiger partial charge in [-0.1, -0.05) is 12.1 Å². The van der Waals surface area contributed by atoms with E-state index in [1.165, 1.54) is 0 Å². The smallest absolute Gasteiger partial charge is 0.0762 e. The number of fused-ring (bicyclic) bond motifs is 3. The number of rotatable bonds is 2. The molecule has 104 valence electrons. The Hall–Kier alpha value is -1.84. The monoisotopic (exact) mass is 269 g/mol. The van der Waals surface area contributed by atoms with E-state index in [9.17, 15) is 10.2 Å². The first-order chi connectivity index (χ1) is 9.49.